The van der Waals surface area contributed by atoms with Gasteiger partial charge in [0.25, 0.3) is 5.89 Å². The molecule has 2 aromatic heterocycles. The molecule has 0 unspecified atom stereocenters. The molecule has 0 aliphatic carbocycles. The lowest BCUT2D eigenvalue weighted by molar-refractivity contribution is 0.269. The number of hydrogen-bond donors (Lipinski definition) is 0. The number of nitriles is 1. The molecule has 160 valence electrons. The zero-order chi connectivity index (χ0) is 22.1. The van der Waals surface area contributed by atoms with E-state index in [9.17, 15) is 5.26 Å². The van der Waals surface area contributed by atoms with Crippen LogP contribution in [0.15, 0.2) is 63.4 Å². The maximum absolute atomic E-state index is 9.62. The summed E-state index contributed by atoms with van der Waals surface area (Å²) in [7, 11) is 0. The Morgan fingerprint density at radius 3 is 2.75 bits per heavy atom. The summed E-state index contributed by atoms with van der Waals surface area (Å²) in [5.41, 5.74) is 5.05. The highest BCUT2D eigenvalue weighted by molar-refractivity contribution is 5.57. The Morgan fingerprint density at radius 1 is 1.06 bits per heavy atom. The summed E-state index contributed by atoms with van der Waals surface area (Å²) < 4.78 is 17.8. The van der Waals surface area contributed by atoms with Crippen LogP contribution >= 0.6 is 0 Å². The number of fused-ring (bicyclic) bond motifs is 1. The maximum atomic E-state index is 9.62. The first-order valence-electron chi connectivity index (χ1n) is 10.6. The Labute approximate surface area is 186 Å². The average Bonchev–Trinajstić information content (AvgIpc) is 3.46. The van der Waals surface area contributed by atoms with Crippen LogP contribution in [0.1, 0.15) is 33.7 Å². The molecule has 32 heavy (non-hydrogen) atoms. The van der Waals surface area contributed by atoms with E-state index in [1.54, 1.807) is 6.07 Å². The van der Waals surface area contributed by atoms with Gasteiger partial charge in [-0.1, -0.05) is 36.4 Å². The highest BCUT2D eigenvalue weighted by Gasteiger charge is 2.25. The summed E-state index contributed by atoms with van der Waals surface area (Å²) in [6.45, 7) is 5.80. The number of aromatic nitrogens is 1. The number of hydrogen-bond acceptors (Lipinski definition) is 6. The Morgan fingerprint density at radius 2 is 1.91 bits per heavy atom. The van der Waals surface area contributed by atoms with Crippen LogP contribution < -0.4 is 9.64 Å². The van der Waals surface area contributed by atoms with Crippen LogP contribution in [0.25, 0.3) is 11.7 Å². The van der Waals surface area contributed by atoms with Gasteiger partial charge in [0.15, 0.2) is 5.76 Å². The molecule has 4 aromatic rings. The van der Waals surface area contributed by atoms with Crippen LogP contribution in [0.2, 0.25) is 0 Å². The number of oxazole rings is 1. The zero-order valence-corrected chi connectivity index (χ0v) is 18.1. The molecule has 6 heteroatoms. The van der Waals surface area contributed by atoms with Gasteiger partial charge in [0.05, 0.1) is 0 Å². The van der Waals surface area contributed by atoms with Gasteiger partial charge in [-0.25, -0.2) is 0 Å². The fraction of sp³-hybridized carbons (Fsp3) is 0.231. The van der Waals surface area contributed by atoms with E-state index >= 15 is 0 Å². The fourth-order valence-corrected chi connectivity index (χ4v) is 3.96. The first kappa shape index (κ1) is 20.0. The molecule has 3 heterocycles. The average molecular weight is 425 g/mol. The minimum atomic E-state index is 0.268. The summed E-state index contributed by atoms with van der Waals surface area (Å²) in [5.74, 6) is 2.75. The minimum Gasteiger partial charge on any atom is -0.485 e. The molecular weight excluding hydrogens is 402 g/mol. The Bertz CT molecular complexity index is 1310. The molecule has 0 saturated carbocycles. The van der Waals surface area contributed by atoms with Crippen molar-refractivity contribution in [3.63, 3.8) is 0 Å². The first-order valence-corrected chi connectivity index (χ1v) is 10.6. The summed E-state index contributed by atoms with van der Waals surface area (Å²) in [5, 5.41) is 9.62. The van der Waals surface area contributed by atoms with Crippen LogP contribution in [0.3, 0.4) is 0 Å². The van der Waals surface area contributed by atoms with E-state index in [-0.39, 0.29) is 5.69 Å². The smallest absolute Gasteiger partial charge is 0.266 e. The zero-order valence-electron chi connectivity index (χ0n) is 18.1. The topological polar surface area (TPSA) is 75.4 Å². The number of ether oxygens (including phenoxy) is 1. The first-order chi connectivity index (χ1) is 15.6. The number of anilines is 1. The van der Waals surface area contributed by atoms with Crippen LogP contribution in [-0.4, -0.2) is 11.5 Å². The second kappa shape index (κ2) is 8.27. The molecule has 1 aliphatic heterocycles. The quantitative estimate of drug-likeness (QED) is 0.416. The van der Waals surface area contributed by atoms with Crippen molar-refractivity contribution in [2.75, 3.05) is 11.4 Å². The van der Waals surface area contributed by atoms with Crippen molar-refractivity contribution in [2.24, 2.45) is 0 Å². The van der Waals surface area contributed by atoms with Gasteiger partial charge >= 0.3 is 0 Å². The molecule has 0 spiro atoms. The second-order valence-electron chi connectivity index (χ2n) is 8.05. The normalized spacial score (nSPS) is 13.0. The van der Waals surface area contributed by atoms with Crippen LogP contribution in [-0.2, 0) is 19.6 Å². The molecule has 6 nitrogen and oxygen atoms in total. The lowest BCUT2D eigenvalue weighted by Crippen LogP contribution is -2.30. The molecule has 1 aliphatic rings. The molecule has 0 atom stereocenters. The lowest BCUT2D eigenvalue weighted by atomic mass is 10.00. The standard InChI is InChI=1S/C26H23N3O3/c1-17-7-8-18(2)24(13-17)30-16-21-9-10-23(31-21)25-28-22(14-27)26(32-25)29-12-11-19-5-3-4-6-20(19)15-29/h3-10,13H,11-12,15-16H2,1-2H3. The lowest BCUT2D eigenvalue weighted by Gasteiger charge is -2.28. The molecule has 0 N–H and O–H groups in total. The van der Waals surface area contributed by atoms with E-state index in [0.717, 1.165) is 29.8 Å². The molecule has 0 radical (unpaired) electrons. The molecule has 5 rings (SSSR count). The van der Waals surface area contributed by atoms with Crippen molar-refractivity contribution < 1.29 is 13.6 Å². The van der Waals surface area contributed by atoms with Gasteiger partial charge in [0, 0.05) is 13.1 Å². The molecule has 0 amide bonds. The Balaban J connectivity index is 1.34. The van der Waals surface area contributed by atoms with E-state index in [1.807, 2.05) is 38.1 Å². The summed E-state index contributed by atoms with van der Waals surface area (Å²) in [4.78, 5) is 6.44. The van der Waals surface area contributed by atoms with Crippen molar-refractivity contribution >= 4 is 5.88 Å². The number of nitrogens with zero attached hydrogens (tertiary/aromatic N) is 3. The van der Waals surface area contributed by atoms with Crippen molar-refractivity contribution in [3.05, 3.63) is 88.3 Å². The van der Waals surface area contributed by atoms with E-state index in [4.69, 9.17) is 13.6 Å². The number of rotatable bonds is 5. The molecular formula is C26H23N3O3. The SMILES string of the molecule is Cc1ccc(C)c(OCc2ccc(-c3nc(C#N)c(N4CCc5ccccc5C4)o3)o2)c1. The van der Waals surface area contributed by atoms with E-state index in [0.29, 0.717) is 36.4 Å². The highest BCUT2D eigenvalue weighted by Crippen LogP contribution is 2.32. The predicted octanol–water partition coefficient (Wildman–Crippen LogP) is 5.56. The Hall–Kier alpha value is -3.98. The van der Waals surface area contributed by atoms with Crippen LogP contribution in [0.4, 0.5) is 5.88 Å². The summed E-state index contributed by atoms with van der Waals surface area (Å²) in [6, 6.07) is 20.2. The van der Waals surface area contributed by atoms with Gasteiger partial charge in [-0.3, -0.25) is 0 Å². The van der Waals surface area contributed by atoms with Gasteiger partial charge in [0.1, 0.15) is 24.2 Å². The van der Waals surface area contributed by atoms with E-state index in [1.165, 1.54) is 11.1 Å². The largest absolute Gasteiger partial charge is 0.485 e. The van der Waals surface area contributed by atoms with Crippen LogP contribution in [0.5, 0.6) is 5.75 Å². The van der Waals surface area contributed by atoms with Crippen molar-refractivity contribution in [1.29, 1.82) is 5.26 Å². The van der Waals surface area contributed by atoms with Crippen molar-refractivity contribution in [1.82, 2.24) is 4.98 Å². The highest BCUT2D eigenvalue weighted by atomic mass is 16.5. The summed E-state index contributed by atoms with van der Waals surface area (Å²) in [6.07, 6.45) is 0.900. The van der Waals surface area contributed by atoms with Gasteiger partial charge < -0.3 is 18.5 Å². The molecule has 0 bridgehead atoms. The van der Waals surface area contributed by atoms with Crippen molar-refractivity contribution in [3.8, 4) is 23.5 Å². The monoisotopic (exact) mass is 425 g/mol. The van der Waals surface area contributed by atoms with Gasteiger partial charge in [-0.15, -0.1) is 0 Å². The van der Waals surface area contributed by atoms with E-state index in [2.05, 4.69) is 40.2 Å². The second-order valence-corrected chi connectivity index (χ2v) is 8.05. The maximum Gasteiger partial charge on any atom is 0.266 e. The predicted molar refractivity (Wildman–Crippen MR) is 120 cm³/mol. The summed E-state index contributed by atoms with van der Waals surface area (Å²) >= 11 is 0. The third-order valence-electron chi connectivity index (χ3n) is 5.72. The Kier molecular flexibility index (Phi) is 5.16. The fourth-order valence-electron chi connectivity index (χ4n) is 3.96. The third-order valence-corrected chi connectivity index (χ3v) is 5.72. The molecule has 2 aromatic carbocycles. The molecule has 0 fully saturated rings. The van der Waals surface area contributed by atoms with Gasteiger partial charge in [-0.05, 0) is 60.7 Å². The molecule has 0 saturated heterocycles. The van der Waals surface area contributed by atoms with Crippen LogP contribution in [0, 0.1) is 25.2 Å². The van der Waals surface area contributed by atoms with Gasteiger partial charge in [0.2, 0.25) is 11.6 Å². The number of aryl methyl sites for hydroxylation is 2. The minimum absolute atomic E-state index is 0.268. The number of furan rings is 1. The third kappa shape index (κ3) is 3.85. The van der Waals surface area contributed by atoms with Crippen molar-refractivity contribution in [2.45, 2.75) is 33.4 Å². The van der Waals surface area contributed by atoms with E-state index < -0.39 is 0 Å². The van der Waals surface area contributed by atoms with Gasteiger partial charge in [-0.2, -0.15) is 10.2 Å². The number of benzene rings is 2.